The predicted octanol–water partition coefficient (Wildman–Crippen LogP) is 4.14. The van der Waals surface area contributed by atoms with Crippen molar-refractivity contribution in [3.63, 3.8) is 0 Å². The molecule has 3 heteroatoms. The van der Waals surface area contributed by atoms with Gasteiger partial charge in [-0.1, -0.05) is 20.3 Å². The van der Waals surface area contributed by atoms with Crippen LogP contribution in [0.4, 0.5) is 0 Å². The molecule has 1 N–H and O–H groups in total. The van der Waals surface area contributed by atoms with Crippen molar-refractivity contribution in [1.29, 1.82) is 0 Å². The van der Waals surface area contributed by atoms with E-state index in [9.17, 15) is 0 Å². The molecule has 2 heterocycles. The Bertz CT molecular complexity index is 464. The Morgan fingerprint density at radius 1 is 1.35 bits per heavy atom. The van der Waals surface area contributed by atoms with Crippen molar-refractivity contribution in [2.45, 2.75) is 39.2 Å². The van der Waals surface area contributed by atoms with Gasteiger partial charge in [0.05, 0.1) is 10.2 Å². The second-order valence-electron chi connectivity index (χ2n) is 4.37. The summed E-state index contributed by atoms with van der Waals surface area (Å²) in [6, 6.07) is 4.83. The van der Waals surface area contributed by atoms with Gasteiger partial charge >= 0.3 is 0 Å². The first kappa shape index (κ1) is 12.5. The van der Waals surface area contributed by atoms with Gasteiger partial charge in [0, 0.05) is 12.2 Å². The molecule has 92 valence electrons. The average molecular weight is 248 g/mol. The molecule has 2 aromatic rings. The number of fused-ring (bicyclic) bond motifs is 1. The molecule has 0 bridgehead atoms. The maximum atomic E-state index is 4.52. The first-order chi connectivity index (χ1) is 8.35. The molecule has 17 heavy (non-hydrogen) atoms. The first-order valence-corrected chi connectivity index (χ1v) is 7.29. The van der Waals surface area contributed by atoms with Crippen LogP contribution in [0.5, 0.6) is 0 Å². The Hall–Kier alpha value is -0.930. The van der Waals surface area contributed by atoms with Gasteiger partial charge < -0.3 is 5.32 Å². The van der Waals surface area contributed by atoms with E-state index in [1.165, 1.54) is 29.5 Å². The summed E-state index contributed by atoms with van der Waals surface area (Å²) in [5, 5.41) is 5.72. The third-order valence-electron chi connectivity index (χ3n) is 2.94. The third-order valence-corrected chi connectivity index (χ3v) is 3.80. The fourth-order valence-electron chi connectivity index (χ4n) is 2.05. The normalized spacial score (nSPS) is 13.1. The van der Waals surface area contributed by atoms with Crippen molar-refractivity contribution in [2.24, 2.45) is 0 Å². The largest absolute Gasteiger partial charge is 0.310 e. The number of pyridine rings is 1. The molecule has 0 radical (unpaired) electrons. The second-order valence-corrected chi connectivity index (χ2v) is 5.32. The standard InChI is InChI=1S/C14H20N2S/c1-3-5-12(15-7-4-2)11-9-14-13(16-10-11)6-8-17-14/h6,8-10,12,15H,3-5,7H2,1-2H3. The van der Waals surface area contributed by atoms with E-state index in [1.54, 1.807) is 11.3 Å². The summed E-state index contributed by atoms with van der Waals surface area (Å²) in [6.07, 6.45) is 5.58. The van der Waals surface area contributed by atoms with E-state index >= 15 is 0 Å². The summed E-state index contributed by atoms with van der Waals surface area (Å²) in [7, 11) is 0. The van der Waals surface area contributed by atoms with Crippen molar-refractivity contribution >= 4 is 21.6 Å². The van der Waals surface area contributed by atoms with Crippen molar-refractivity contribution in [3.05, 3.63) is 29.3 Å². The number of nitrogens with one attached hydrogen (secondary N) is 1. The topological polar surface area (TPSA) is 24.9 Å². The lowest BCUT2D eigenvalue weighted by molar-refractivity contribution is 0.493. The summed E-state index contributed by atoms with van der Waals surface area (Å²) < 4.78 is 1.29. The maximum Gasteiger partial charge on any atom is 0.0809 e. The Balaban J connectivity index is 2.20. The van der Waals surface area contributed by atoms with Crippen molar-refractivity contribution in [1.82, 2.24) is 10.3 Å². The van der Waals surface area contributed by atoms with E-state index in [-0.39, 0.29) is 0 Å². The van der Waals surface area contributed by atoms with E-state index in [0.717, 1.165) is 12.1 Å². The van der Waals surface area contributed by atoms with Crippen LogP contribution in [-0.4, -0.2) is 11.5 Å². The average Bonchev–Trinajstić information content (AvgIpc) is 2.81. The summed E-state index contributed by atoms with van der Waals surface area (Å²) >= 11 is 1.77. The smallest absolute Gasteiger partial charge is 0.0809 e. The molecule has 2 aromatic heterocycles. The number of hydrogen-bond acceptors (Lipinski definition) is 3. The second kappa shape index (κ2) is 6.12. The Labute approximate surface area is 107 Å². The zero-order valence-corrected chi connectivity index (χ0v) is 11.4. The summed E-state index contributed by atoms with van der Waals surface area (Å²) in [5.74, 6) is 0. The van der Waals surface area contributed by atoms with Crippen LogP contribution in [0, 0.1) is 0 Å². The molecule has 1 unspecified atom stereocenters. The molecule has 2 rings (SSSR count). The van der Waals surface area contributed by atoms with Gasteiger partial charge in [0.15, 0.2) is 0 Å². The fourth-order valence-corrected chi connectivity index (χ4v) is 2.84. The fraction of sp³-hybridized carbons (Fsp3) is 0.500. The lowest BCUT2D eigenvalue weighted by Crippen LogP contribution is -2.22. The van der Waals surface area contributed by atoms with Crippen LogP contribution in [0.15, 0.2) is 23.7 Å². The highest BCUT2D eigenvalue weighted by Gasteiger charge is 2.10. The molecule has 0 aromatic carbocycles. The summed E-state index contributed by atoms with van der Waals surface area (Å²) in [5.41, 5.74) is 2.44. The first-order valence-electron chi connectivity index (χ1n) is 6.41. The van der Waals surface area contributed by atoms with Crippen LogP contribution < -0.4 is 5.32 Å². The van der Waals surface area contributed by atoms with Crippen LogP contribution in [0.3, 0.4) is 0 Å². The third kappa shape index (κ3) is 3.05. The number of rotatable bonds is 6. The molecule has 0 aliphatic rings. The minimum Gasteiger partial charge on any atom is -0.310 e. The van der Waals surface area contributed by atoms with Gasteiger partial charge in [-0.05, 0) is 42.5 Å². The highest BCUT2D eigenvalue weighted by Crippen LogP contribution is 2.24. The quantitative estimate of drug-likeness (QED) is 0.831. The van der Waals surface area contributed by atoms with E-state index < -0.39 is 0 Å². The lowest BCUT2D eigenvalue weighted by atomic mass is 10.0. The van der Waals surface area contributed by atoms with Crippen molar-refractivity contribution in [3.8, 4) is 0 Å². The lowest BCUT2D eigenvalue weighted by Gasteiger charge is -2.17. The summed E-state index contributed by atoms with van der Waals surface area (Å²) in [6.45, 7) is 5.52. The van der Waals surface area contributed by atoms with Gasteiger partial charge in [-0.2, -0.15) is 0 Å². The summed E-state index contributed by atoms with van der Waals surface area (Å²) in [4.78, 5) is 4.52. The van der Waals surface area contributed by atoms with Crippen molar-refractivity contribution in [2.75, 3.05) is 6.54 Å². The van der Waals surface area contributed by atoms with Gasteiger partial charge in [-0.15, -0.1) is 11.3 Å². The number of nitrogens with zero attached hydrogens (tertiary/aromatic N) is 1. The molecular weight excluding hydrogens is 228 g/mol. The number of aromatic nitrogens is 1. The zero-order chi connectivity index (χ0) is 12.1. The predicted molar refractivity (Wildman–Crippen MR) is 75.6 cm³/mol. The number of hydrogen-bond donors (Lipinski definition) is 1. The number of thiophene rings is 1. The molecule has 0 fully saturated rings. The molecule has 0 saturated carbocycles. The van der Waals surface area contributed by atoms with Crippen LogP contribution in [0.2, 0.25) is 0 Å². The highest BCUT2D eigenvalue weighted by atomic mass is 32.1. The Kier molecular flexibility index (Phi) is 4.51. The molecule has 2 nitrogen and oxygen atoms in total. The van der Waals surface area contributed by atoms with Gasteiger partial charge in [-0.3, -0.25) is 4.98 Å². The van der Waals surface area contributed by atoms with Crippen LogP contribution in [0.1, 0.15) is 44.7 Å². The van der Waals surface area contributed by atoms with Gasteiger partial charge in [0.2, 0.25) is 0 Å². The van der Waals surface area contributed by atoms with E-state index in [1.807, 2.05) is 6.20 Å². The molecular formula is C14H20N2S. The molecule has 0 aliphatic heterocycles. The van der Waals surface area contributed by atoms with Crippen molar-refractivity contribution < 1.29 is 0 Å². The van der Waals surface area contributed by atoms with Crippen LogP contribution in [-0.2, 0) is 0 Å². The van der Waals surface area contributed by atoms with Gasteiger partial charge in [0.25, 0.3) is 0 Å². The molecule has 0 aliphatic carbocycles. The molecule has 0 amide bonds. The molecule has 1 atom stereocenters. The van der Waals surface area contributed by atoms with E-state index in [0.29, 0.717) is 6.04 Å². The van der Waals surface area contributed by atoms with Crippen LogP contribution >= 0.6 is 11.3 Å². The molecule has 0 spiro atoms. The minimum absolute atomic E-state index is 0.457. The van der Waals surface area contributed by atoms with E-state index in [4.69, 9.17) is 0 Å². The van der Waals surface area contributed by atoms with E-state index in [2.05, 4.69) is 41.7 Å². The zero-order valence-electron chi connectivity index (χ0n) is 10.6. The molecule has 0 saturated heterocycles. The maximum absolute atomic E-state index is 4.52. The van der Waals surface area contributed by atoms with Crippen LogP contribution in [0.25, 0.3) is 10.2 Å². The Morgan fingerprint density at radius 2 is 2.24 bits per heavy atom. The minimum atomic E-state index is 0.457. The van der Waals surface area contributed by atoms with Gasteiger partial charge in [-0.25, -0.2) is 0 Å². The SMILES string of the molecule is CCCNC(CCC)c1cnc2ccsc2c1. The monoisotopic (exact) mass is 248 g/mol. The Morgan fingerprint density at radius 3 is 3.00 bits per heavy atom. The highest BCUT2D eigenvalue weighted by molar-refractivity contribution is 7.17. The van der Waals surface area contributed by atoms with Gasteiger partial charge in [0.1, 0.15) is 0 Å².